The molecule has 0 bridgehead atoms. The predicted octanol–water partition coefficient (Wildman–Crippen LogP) is 2.71. The van der Waals surface area contributed by atoms with E-state index < -0.39 is 5.97 Å². The van der Waals surface area contributed by atoms with Gasteiger partial charge in [0.2, 0.25) is 0 Å². The zero-order valence-electron chi connectivity index (χ0n) is 12.0. The van der Waals surface area contributed by atoms with E-state index in [1.807, 2.05) is 18.2 Å². The Hall–Kier alpha value is -2.34. The lowest BCUT2D eigenvalue weighted by atomic mass is 10.1. The van der Waals surface area contributed by atoms with Crippen molar-refractivity contribution < 1.29 is 14.7 Å². The summed E-state index contributed by atoms with van der Waals surface area (Å²) in [6, 6.07) is 8.59. The summed E-state index contributed by atoms with van der Waals surface area (Å²) in [6.07, 6.45) is 0.377. The number of carboxylic acids is 1. The number of carbonyl (C=O) groups is 2. The van der Waals surface area contributed by atoms with Gasteiger partial charge in [-0.1, -0.05) is 29.8 Å². The van der Waals surface area contributed by atoms with Gasteiger partial charge in [0.1, 0.15) is 5.69 Å². The second-order valence-electron chi connectivity index (χ2n) is 4.95. The Bertz CT molecular complexity index is 684. The number of benzene rings is 1. The van der Waals surface area contributed by atoms with Gasteiger partial charge in [-0.2, -0.15) is 5.10 Å². The fourth-order valence-corrected chi connectivity index (χ4v) is 2.19. The van der Waals surface area contributed by atoms with Crippen LogP contribution in [-0.4, -0.2) is 33.2 Å². The molecule has 0 saturated carbocycles. The first kappa shape index (κ1) is 16.0. The van der Waals surface area contributed by atoms with E-state index in [4.69, 9.17) is 16.7 Å². The van der Waals surface area contributed by atoms with Crippen LogP contribution >= 0.6 is 11.6 Å². The lowest BCUT2D eigenvalue weighted by Gasteiger charge is -2.11. The molecule has 2 aromatic rings. The fourth-order valence-electron chi connectivity index (χ4n) is 1.96. The third-order valence-electron chi connectivity index (χ3n) is 3.14. The third-order valence-corrected chi connectivity index (χ3v) is 3.47. The second-order valence-corrected chi connectivity index (χ2v) is 5.36. The maximum atomic E-state index is 12.1. The average molecular weight is 322 g/mol. The Labute approximate surface area is 132 Å². The Morgan fingerprint density at radius 3 is 2.82 bits per heavy atom. The molecule has 1 amide bonds. The van der Waals surface area contributed by atoms with Crippen LogP contribution in [0.2, 0.25) is 5.02 Å². The van der Waals surface area contributed by atoms with E-state index in [0.29, 0.717) is 22.8 Å². The number of halogens is 1. The summed E-state index contributed by atoms with van der Waals surface area (Å²) in [6.45, 7) is 1.76. The fraction of sp³-hybridized carbons (Fsp3) is 0.267. The Kier molecular flexibility index (Phi) is 5.16. The summed E-state index contributed by atoms with van der Waals surface area (Å²) >= 11 is 6.09. The van der Waals surface area contributed by atoms with Crippen molar-refractivity contribution in [2.75, 3.05) is 0 Å². The number of hydrogen-bond acceptors (Lipinski definition) is 3. The minimum Gasteiger partial charge on any atom is -0.481 e. The van der Waals surface area contributed by atoms with Gasteiger partial charge in [-0.3, -0.25) is 14.7 Å². The number of carbonyl (C=O) groups excluding carboxylic acids is 1. The van der Waals surface area contributed by atoms with Crippen molar-refractivity contribution in [2.45, 2.75) is 25.8 Å². The number of hydrogen-bond donors (Lipinski definition) is 3. The number of carboxylic acid groups (broad SMARTS) is 1. The Morgan fingerprint density at radius 1 is 1.41 bits per heavy atom. The van der Waals surface area contributed by atoms with E-state index in [2.05, 4.69) is 15.5 Å². The van der Waals surface area contributed by atoms with E-state index in [1.54, 1.807) is 19.1 Å². The zero-order valence-corrected chi connectivity index (χ0v) is 12.7. The first-order valence-corrected chi connectivity index (χ1v) is 7.18. The molecule has 0 aliphatic heterocycles. The van der Waals surface area contributed by atoms with Crippen molar-refractivity contribution in [3.05, 3.63) is 41.0 Å². The molecule has 0 aliphatic rings. The number of nitrogens with zero attached hydrogens (tertiary/aromatic N) is 1. The van der Waals surface area contributed by atoms with Crippen molar-refractivity contribution >= 4 is 23.5 Å². The number of aliphatic carboxylic acids is 1. The van der Waals surface area contributed by atoms with Gasteiger partial charge in [0.05, 0.1) is 10.7 Å². The van der Waals surface area contributed by atoms with Crippen molar-refractivity contribution in [2.24, 2.45) is 0 Å². The molecule has 1 aromatic heterocycles. The lowest BCUT2D eigenvalue weighted by Crippen LogP contribution is -2.33. The smallest absolute Gasteiger partial charge is 0.303 e. The van der Waals surface area contributed by atoms with E-state index in [-0.39, 0.29) is 18.4 Å². The van der Waals surface area contributed by atoms with Crippen molar-refractivity contribution in [1.82, 2.24) is 15.5 Å². The molecule has 2 rings (SSSR count). The summed E-state index contributed by atoms with van der Waals surface area (Å²) in [5, 5.41) is 18.7. The second kappa shape index (κ2) is 7.09. The minimum absolute atomic E-state index is 0.00922. The van der Waals surface area contributed by atoms with Gasteiger partial charge >= 0.3 is 5.97 Å². The summed E-state index contributed by atoms with van der Waals surface area (Å²) in [5.74, 6) is -1.22. The van der Waals surface area contributed by atoms with Gasteiger partial charge in [0, 0.05) is 18.0 Å². The van der Waals surface area contributed by atoms with Gasteiger partial charge in [0.25, 0.3) is 5.91 Å². The molecular formula is C15H16ClN3O3. The van der Waals surface area contributed by atoms with Crippen LogP contribution in [0, 0.1) is 0 Å². The molecule has 0 radical (unpaired) electrons. The van der Waals surface area contributed by atoms with Gasteiger partial charge in [-0.05, 0) is 25.5 Å². The third kappa shape index (κ3) is 4.08. The molecular weight excluding hydrogens is 306 g/mol. The van der Waals surface area contributed by atoms with E-state index >= 15 is 0 Å². The van der Waals surface area contributed by atoms with E-state index in [0.717, 1.165) is 5.56 Å². The number of H-pyrrole nitrogens is 1. The normalized spacial score (nSPS) is 11.9. The summed E-state index contributed by atoms with van der Waals surface area (Å²) in [4.78, 5) is 22.6. The minimum atomic E-state index is -0.886. The predicted molar refractivity (Wildman–Crippen MR) is 82.8 cm³/mol. The molecule has 116 valence electrons. The first-order valence-electron chi connectivity index (χ1n) is 6.80. The van der Waals surface area contributed by atoms with Crippen LogP contribution in [0.3, 0.4) is 0 Å². The molecule has 3 N–H and O–H groups in total. The van der Waals surface area contributed by atoms with Gasteiger partial charge in [-0.25, -0.2) is 0 Å². The molecule has 22 heavy (non-hydrogen) atoms. The summed E-state index contributed by atoms with van der Waals surface area (Å²) < 4.78 is 0. The highest BCUT2D eigenvalue weighted by Crippen LogP contribution is 2.26. The molecule has 7 heteroatoms. The highest BCUT2D eigenvalue weighted by Gasteiger charge is 2.15. The first-order chi connectivity index (χ1) is 10.5. The molecule has 1 unspecified atom stereocenters. The van der Waals surface area contributed by atoms with Crippen LogP contribution in [0.4, 0.5) is 0 Å². The molecule has 6 nitrogen and oxygen atoms in total. The number of aromatic nitrogens is 2. The van der Waals surface area contributed by atoms with Crippen LogP contribution in [0.1, 0.15) is 30.3 Å². The molecule has 1 atom stereocenters. The number of amides is 1. The van der Waals surface area contributed by atoms with E-state index in [1.165, 1.54) is 0 Å². The zero-order chi connectivity index (χ0) is 16.1. The maximum absolute atomic E-state index is 12.1. The Balaban J connectivity index is 2.03. The Morgan fingerprint density at radius 2 is 2.14 bits per heavy atom. The summed E-state index contributed by atoms with van der Waals surface area (Å²) in [7, 11) is 0. The van der Waals surface area contributed by atoms with Crippen LogP contribution in [-0.2, 0) is 4.79 Å². The van der Waals surface area contributed by atoms with Crippen LogP contribution in [0.5, 0.6) is 0 Å². The number of rotatable bonds is 6. The average Bonchev–Trinajstić information content (AvgIpc) is 2.95. The van der Waals surface area contributed by atoms with E-state index in [9.17, 15) is 9.59 Å². The van der Waals surface area contributed by atoms with Gasteiger partial charge in [0.15, 0.2) is 0 Å². The van der Waals surface area contributed by atoms with Crippen LogP contribution in [0.15, 0.2) is 30.3 Å². The van der Waals surface area contributed by atoms with Gasteiger partial charge in [-0.15, -0.1) is 0 Å². The maximum Gasteiger partial charge on any atom is 0.303 e. The topological polar surface area (TPSA) is 95.1 Å². The van der Waals surface area contributed by atoms with Crippen molar-refractivity contribution in [3.8, 4) is 11.3 Å². The molecule has 0 spiro atoms. The molecule has 0 saturated heterocycles. The largest absolute Gasteiger partial charge is 0.481 e. The van der Waals surface area contributed by atoms with Crippen molar-refractivity contribution in [3.63, 3.8) is 0 Å². The number of nitrogens with one attached hydrogen (secondary N) is 2. The highest BCUT2D eigenvalue weighted by atomic mass is 35.5. The van der Waals surface area contributed by atoms with Gasteiger partial charge < -0.3 is 10.4 Å². The SMILES string of the molecule is CC(CCC(=O)O)NC(=O)c1cc(-c2ccccc2Cl)n[nH]1. The lowest BCUT2D eigenvalue weighted by molar-refractivity contribution is -0.137. The molecule has 0 fully saturated rings. The van der Waals surface area contributed by atoms with Crippen LogP contribution < -0.4 is 5.32 Å². The number of aromatic amines is 1. The standard InChI is InChI=1S/C15H16ClN3O3/c1-9(6-7-14(20)21)17-15(22)13-8-12(18-19-13)10-4-2-3-5-11(10)16/h2-5,8-9H,6-7H2,1H3,(H,17,22)(H,18,19)(H,20,21). The highest BCUT2D eigenvalue weighted by molar-refractivity contribution is 6.33. The molecule has 1 aromatic carbocycles. The van der Waals surface area contributed by atoms with Crippen molar-refractivity contribution in [1.29, 1.82) is 0 Å². The quantitative estimate of drug-likeness (QED) is 0.762. The molecule has 1 heterocycles. The monoisotopic (exact) mass is 321 g/mol. The summed E-state index contributed by atoms with van der Waals surface area (Å²) in [5.41, 5.74) is 1.62. The van der Waals surface area contributed by atoms with Crippen LogP contribution in [0.25, 0.3) is 11.3 Å². The molecule has 0 aliphatic carbocycles.